The van der Waals surface area contributed by atoms with Crippen molar-refractivity contribution in [3.05, 3.63) is 0 Å². The zero-order valence-corrected chi connectivity index (χ0v) is 33.7. The molecular formula is C36H62N12O2S3. The average molecular weight is 791 g/mol. The van der Waals surface area contributed by atoms with Gasteiger partial charge >= 0.3 is 0 Å². The van der Waals surface area contributed by atoms with Crippen LogP contribution < -0.4 is 21.3 Å². The standard InChI is InChI=1S/C36H62N12O2S3/c49-17-25-1-9-45-11-3-27(39-33(45)37-25)19-51-21-29-5-13-47-15-7-31(43-35(47)41-29)23-53-24-32-8-16-48-14-6-30(42-36(48)44-32)22-52-20-28-4-12-46-10-2-26(18-50)38-34(46)40-28/h25-32,49-50H,1-24H2,(H,37,39)(H,38,40)(H,41,43)(H,42,44)/t25-,26-,27-,28-,29-,30-,31-,32-/m1/s1. The lowest BCUT2D eigenvalue weighted by molar-refractivity contribution is 0.227. The molecule has 0 saturated carbocycles. The second-order valence-electron chi connectivity index (χ2n) is 16.0. The first kappa shape index (κ1) is 37.9. The Morgan fingerprint density at radius 3 is 0.981 bits per heavy atom. The molecule has 0 bridgehead atoms. The number of nitrogens with zero attached hydrogens (tertiary/aromatic N) is 8. The molecule has 8 rings (SSSR count). The number of aliphatic hydroxyl groups excluding tert-OH is 2. The molecule has 17 heteroatoms. The third kappa shape index (κ3) is 9.90. The maximum Gasteiger partial charge on any atom is 0.194 e. The number of guanidine groups is 4. The smallest absolute Gasteiger partial charge is 0.194 e. The van der Waals surface area contributed by atoms with Gasteiger partial charge in [0, 0.05) is 111 Å². The predicted octanol–water partition coefficient (Wildman–Crippen LogP) is 0.339. The summed E-state index contributed by atoms with van der Waals surface area (Å²) in [5.41, 5.74) is 0. The summed E-state index contributed by atoms with van der Waals surface area (Å²) in [6.07, 6.45) is 8.84. The van der Waals surface area contributed by atoms with E-state index in [1.165, 1.54) is 12.8 Å². The Hall–Kier alpha value is -1.95. The molecule has 296 valence electrons. The Labute approximate surface area is 328 Å². The lowest BCUT2D eigenvalue weighted by atomic mass is 10.1. The van der Waals surface area contributed by atoms with Gasteiger partial charge in [0.25, 0.3) is 0 Å². The van der Waals surface area contributed by atoms with E-state index in [0.717, 1.165) is 149 Å². The quantitative estimate of drug-likeness (QED) is 0.144. The molecule has 0 amide bonds. The van der Waals surface area contributed by atoms with Gasteiger partial charge in [-0.25, -0.2) is 20.0 Å². The zero-order valence-electron chi connectivity index (χ0n) is 31.3. The third-order valence-electron chi connectivity index (χ3n) is 12.0. The van der Waals surface area contributed by atoms with Gasteiger partial charge < -0.3 is 51.1 Å². The first-order valence-electron chi connectivity index (χ1n) is 20.4. The maximum absolute atomic E-state index is 9.55. The van der Waals surface area contributed by atoms with Crippen molar-refractivity contribution in [1.29, 1.82) is 0 Å². The molecule has 4 saturated heterocycles. The van der Waals surface area contributed by atoms with Crippen molar-refractivity contribution in [1.82, 2.24) is 40.9 Å². The molecule has 14 nitrogen and oxygen atoms in total. The van der Waals surface area contributed by atoms with E-state index in [0.29, 0.717) is 36.3 Å². The molecule has 6 N–H and O–H groups in total. The van der Waals surface area contributed by atoms with Gasteiger partial charge in [-0.05, 0) is 51.4 Å². The molecule has 0 radical (unpaired) electrons. The number of hydrogen-bond donors (Lipinski definition) is 6. The molecule has 8 heterocycles. The first-order chi connectivity index (χ1) is 26.1. The highest BCUT2D eigenvalue weighted by Crippen LogP contribution is 2.25. The largest absolute Gasteiger partial charge is 0.394 e. The summed E-state index contributed by atoms with van der Waals surface area (Å²) in [5.74, 6) is 10.8. The van der Waals surface area contributed by atoms with E-state index >= 15 is 0 Å². The molecule has 0 aromatic heterocycles. The highest BCUT2D eigenvalue weighted by molar-refractivity contribution is 7.99. The van der Waals surface area contributed by atoms with Crippen molar-refractivity contribution in [2.75, 3.05) is 100 Å². The van der Waals surface area contributed by atoms with Crippen LogP contribution in [0.25, 0.3) is 0 Å². The van der Waals surface area contributed by atoms with E-state index in [1.54, 1.807) is 0 Å². The second kappa shape index (κ2) is 18.3. The summed E-state index contributed by atoms with van der Waals surface area (Å²) in [5, 5.41) is 34.1. The van der Waals surface area contributed by atoms with Crippen LogP contribution in [0, 0.1) is 0 Å². The minimum absolute atomic E-state index is 0.0502. The fraction of sp³-hybridized carbons (Fsp3) is 0.889. The molecule has 8 atom stereocenters. The van der Waals surface area contributed by atoms with Crippen LogP contribution in [0.3, 0.4) is 0 Å². The molecule has 0 aromatic carbocycles. The molecule has 0 aliphatic carbocycles. The number of aliphatic hydroxyl groups is 2. The number of aliphatic imine (C=N–C) groups is 4. The lowest BCUT2D eigenvalue weighted by Gasteiger charge is -2.41. The Morgan fingerprint density at radius 1 is 0.396 bits per heavy atom. The molecule has 8 aliphatic heterocycles. The van der Waals surface area contributed by atoms with Gasteiger partial charge in [0.05, 0.1) is 37.4 Å². The Balaban J connectivity index is 0.729. The number of rotatable bonds is 14. The molecule has 0 unspecified atom stereocenters. The normalized spacial score (nSPS) is 34.0. The van der Waals surface area contributed by atoms with Crippen LogP contribution in [0.2, 0.25) is 0 Å². The Kier molecular flexibility index (Phi) is 13.1. The minimum atomic E-state index is 0.0502. The number of hydrogen-bond acceptors (Lipinski definition) is 17. The van der Waals surface area contributed by atoms with Gasteiger partial charge in [0.15, 0.2) is 23.8 Å². The minimum Gasteiger partial charge on any atom is -0.394 e. The van der Waals surface area contributed by atoms with E-state index in [-0.39, 0.29) is 25.3 Å². The summed E-state index contributed by atoms with van der Waals surface area (Å²) < 4.78 is 0. The summed E-state index contributed by atoms with van der Waals surface area (Å²) in [6.45, 7) is 8.83. The Bertz CT molecular complexity index is 1360. The first-order valence-corrected chi connectivity index (χ1v) is 23.9. The lowest BCUT2D eigenvalue weighted by Crippen LogP contribution is -2.57. The topological polar surface area (TPSA) is 151 Å². The monoisotopic (exact) mass is 790 g/mol. The van der Waals surface area contributed by atoms with Crippen molar-refractivity contribution in [2.45, 2.75) is 99.7 Å². The van der Waals surface area contributed by atoms with E-state index in [2.05, 4.69) is 52.6 Å². The van der Waals surface area contributed by atoms with Crippen LogP contribution in [0.15, 0.2) is 20.0 Å². The van der Waals surface area contributed by atoms with Crippen molar-refractivity contribution >= 4 is 59.1 Å². The van der Waals surface area contributed by atoms with Crippen molar-refractivity contribution in [2.24, 2.45) is 20.0 Å². The van der Waals surface area contributed by atoms with E-state index in [9.17, 15) is 10.2 Å². The summed E-state index contributed by atoms with van der Waals surface area (Å²) in [6, 6.07) is 2.70. The molecular weight excluding hydrogens is 729 g/mol. The highest BCUT2D eigenvalue weighted by atomic mass is 32.2. The predicted molar refractivity (Wildman–Crippen MR) is 222 cm³/mol. The molecule has 0 aromatic rings. The van der Waals surface area contributed by atoms with Gasteiger partial charge in [-0.1, -0.05) is 0 Å². The SMILES string of the molecule is OC[C@H]1CCN2CC[C@H](CSC[C@H]3CCN4CC[C@H](CSC[C@H]5CCN6CC[C@H](CSC[C@H]7CCN8CC[C@H](CO)N=C8N7)NC6=N5)NC4=N3)NC2=N1. The van der Waals surface area contributed by atoms with Gasteiger partial charge in [-0.15, -0.1) is 0 Å². The van der Waals surface area contributed by atoms with Crippen LogP contribution in [-0.2, 0) is 0 Å². The van der Waals surface area contributed by atoms with E-state index < -0.39 is 0 Å². The molecule has 4 fully saturated rings. The van der Waals surface area contributed by atoms with Crippen LogP contribution in [-0.4, -0.2) is 202 Å². The average Bonchev–Trinajstić information content (AvgIpc) is 3.20. The summed E-state index contributed by atoms with van der Waals surface area (Å²) >= 11 is 6.13. The summed E-state index contributed by atoms with van der Waals surface area (Å²) in [4.78, 5) is 29.5. The van der Waals surface area contributed by atoms with Crippen LogP contribution in [0.5, 0.6) is 0 Å². The second-order valence-corrected chi connectivity index (χ2v) is 19.3. The highest BCUT2D eigenvalue weighted by Gasteiger charge is 2.33. The maximum atomic E-state index is 9.55. The van der Waals surface area contributed by atoms with Gasteiger partial charge in [-0.2, -0.15) is 35.3 Å². The van der Waals surface area contributed by atoms with E-state index in [1.807, 2.05) is 23.5 Å². The van der Waals surface area contributed by atoms with Crippen molar-refractivity contribution in [3.8, 4) is 0 Å². The molecule has 8 aliphatic rings. The zero-order chi connectivity index (χ0) is 36.0. The number of thioether (sulfide) groups is 3. The van der Waals surface area contributed by atoms with Crippen LogP contribution in [0.1, 0.15) is 51.4 Å². The van der Waals surface area contributed by atoms with Gasteiger partial charge in [0.2, 0.25) is 0 Å². The molecule has 53 heavy (non-hydrogen) atoms. The fourth-order valence-corrected chi connectivity index (χ4v) is 12.2. The number of nitrogens with one attached hydrogen (secondary N) is 4. The van der Waals surface area contributed by atoms with Crippen molar-refractivity contribution < 1.29 is 10.2 Å². The van der Waals surface area contributed by atoms with E-state index in [4.69, 9.17) is 20.0 Å². The summed E-state index contributed by atoms with van der Waals surface area (Å²) in [7, 11) is 0. The third-order valence-corrected chi connectivity index (χ3v) is 15.8. The molecule has 0 spiro atoms. The van der Waals surface area contributed by atoms with Crippen molar-refractivity contribution in [3.63, 3.8) is 0 Å². The van der Waals surface area contributed by atoms with Crippen LogP contribution >= 0.6 is 35.3 Å². The Morgan fingerprint density at radius 2 is 0.660 bits per heavy atom. The van der Waals surface area contributed by atoms with Gasteiger partial charge in [-0.3, -0.25) is 0 Å². The number of fused-ring (bicyclic) bond motifs is 4. The fourth-order valence-electron chi connectivity index (χ4n) is 8.62. The van der Waals surface area contributed by atoms with Gasteiger partial charge in [0.1, 0.15) is 0 Å². The van der Waals surface area contributed by atoms with Crippen LogP contribution in [0.4, 0.5) is 0 Å².